The van der Waals surface area contributed by atoms with Crippen LogP contribution in [0.1, 0.15) is 31.0 Å². The third kappa shape index (κ3) is 4.69. The van der Waals surface area contributed by atoms with Crippen LogP contribution in [-0.4, -0.2) is 29.2 Å². The molecule has 4 rings (SSSR count). The van der Waals surface area contributed by atoms with Gasteiger partial charge in [0, 0.05) is 12.1 Å². The van der Waals surface area contributed by atoms with Crippen molar-refractivity contribution in [2.24, 2.45) is 4.99 Å². The second kappa shape index (κ2) is 9.96. The Morgan fingerprint density at radius 1 is 1.29 bits per heavy atom. The van der Waals surface area contributed by atoms with Crippen LogP contribution in [0.25, 0.3) is 6.08 Å². The molecule has 1 aliphatic rings. The van der Waals surface area contributed by atoms with Gasteiger partial charge in [0.1, 0.15) is 5.75 Å². The molecule has 0 saturated carbocycles. The number of aromatic nitrogens is 1. The van der Waals surface area contributed by atoms with Crippen molar-refractivity contribution in [2.75, 3.05) is 13.7 Å². The van der Waals surface area contributed by atoms with Crippen LogP contribution in [0.3, 0.4) is 0 Å². The maximum atomic E-state index is 13.6. The molecule has 0 unspecified atom stereocenters. The summed E-state index contributed by atoms with van der Waals surface area (Å²) in [7, 11) is 1.55. The van der Waals surface area contributed by atoms with E-state index in [1.54, 1.807) is 57.4 Å². The monoisotopic (exact) mass is 557 g/mol. The Bertz CT molecular complexity index is 1540. The largest absolute Gasteiger partial charge is 0.496 e. The summed E-state index contributed by atoms with van der Waals surface area (Å²) in [6.07, 6.45) is 1.65. The number of carbonyl (C=O) groups excluding carboxylic acids is 1. The predicted molar refractivity (Wildman–Crippen MR) is 134 cm³/mol. The first kappa shape index (κ1) is 24.6. The van der Waals surface area contributed by atoms with Gasteiger partial charge in [0.25, 0.3) is 11.2 Å². The third-order valence-electron chi connectivity index (χ3n) is 5.41. The summed E-state index contributed by atoms with van der Waals surface area (Å²) in [5.74, 6) is 0.0630. The number of benzene rings is 2. The van der Waals surface area contributed by atoms with Gasteiger partial charge in [0.05, 0.1) is 45.0 Å². The number of methoxy groups -OCH3 is 1. The van der Waals surface area contributed by atoms with Crippen LogP contribution in [0.15, 0.2) is 68.0 Å². The molecule has 1 atom stereocenters. The van der Waals surface area contributed by atoms with Gasteiger partial charge in [-0.3, -0.25) is 19.5 Å². The minimum absolute atomic E-state index is 0.0385. The first-order chi connectivity index (χ1) is 16.7. The number of nitro benzene ring substituents is 1. The summed E-state index contributed by atoms with van der Waals surface area (Å²) in [5.41, 5.74) is 1.67. The molecule has 180 valence electrons. The van der Waals surface area contributed by atoms with E-state index in [9.17, 15) is 19.7 Å². The van der Waals surface area contributed by atoms with Crippen molar-refractivity contribution in [1.82, 2.24) is 4.57 Å². The highest BCUT2D eigenvalue weighted by Gasteiger charge is 2.33. The van der Waals surface area contributed by atoms with E-state index in [-0.39, 0.29) is 23.4 Å². The smallest absolute Gasteiger partial charge is 0.338 e. The number of thiazole rings is 1. The lowest BCUT2D eigenvalue weighted by Gasteiger charge is -2.25. The lowest BCUT2D eigenvalue weighted by molar-refractivity contribution is -0.384. The van der Waals surface area contributed by atoms with Crippen molar-refractivity contribution in [2.45, 2.75) is 19.9 Å². The number of nitrogens with zero attached hydrogens (tertiary/aromatic N) is 3. The number of ether oxygens (including phenoxy) is 2. The Hall–Kier alpha value is -3.57. The Morgan fingerprint density at radius 3 is 2.60 bits per heavy atom. The van der Waals surface area contributed by atoms with E-state index in [1.165, 1.54) is 28.0 Å². The van der Waals surface area contributed by atoms with Crippen LogP contribution in [0, 0.1) is 10.1 Å². The number of hydrogen-bond acceptors (Lipinski definition) is 8. The molecule has 1 aliphatic heterocycles. The number of nitro groups is 1. The van der Waals surface area contributed by atoms with E-state index in [0.29, 0.717) is 36.4 Å². The third-order valence-corrected chi connectivity index (χ3v) is 7.01. The maximum Gasteiger partial charge on any atom is 0.338 e. The Morgan fingerprint density at radius 2 is 2.00 bits per heavy atom. The molecular formula is C24H20BrN3O6S. The molecule has 3 aromatic rings. The van der Waals surface area contributed by atoms with Gasteiger partial charge in [-0.1, -0.05) is 17.4 Å². The maximum absolute atomic E-state index is 13.6. The summed E-state index contributed by atoms with van der Waals surface area (Å²) in [5, 5.41) is 10.9. The van der Waals surface area contributed by atoms with Crippen LogP contribution in [-0.2, 0) is 9.53 Å². The van der Waals surface area contributed by atoms with Gasteiger partial charge in [-0.25, -0.2) is 9.79 Å². The molecule has 2 heterocycles. The molecule has 0 N–H and O–H groups in total. The first-order valence-electron chi connectivity index (χ1n) is 10.5. The number of hydrogen-bond donors (Lipinski definition) is 0. The molecule has 35 heavy (non-hydrogen) atoms. The summed E-state index contributed by atoms with van der Waals surface area (Å²) in [6, 6.07) is 10.5. The zero-order valence-corrected chi connectivity index (χ0v) is 21.4. The van der Waals surface area contributed by atoms with E-state index >= 15 is 0 Å². The number of fused-ring (bicyclic) bond motifs is 1. The second-order valence-corrected chi connectivity index (χ2v) is 9.41. The molecule has 0 saturated heterocycles. The van der Waals surface area contributed by atoms with Crippen molar-refractivity contribution in [3.63, 3.8) is 0 Å². The molecule has 2 aromatic carbocycles. The van der Waals surface area contributed by atoms with Gasteiger partial charge in [-0.2, -0.15) is 0 Å². The predicted octanol–water partition coefficient (Wildman–Crippen LogP) is 3.48. The van der Waals surface area contributed by atoms with Gasteiger partial charge in [0.2, 0.25) is 0 Å². The van der Waals surface area contributed by atoms with Crippen LogP contribution in [0.2, 0.25) is 0 Å². The van der Waals surface area contributed by atoms with Crippen molar-refractivity contribution in [3.8, 4) is 5.75 Å². The summed E-state index contributed by atoms with van der Waals surface area (Å²) in [6.45, 7) is 3.61. The molecule has 0 fully saturated rings. The van der Waals surface area contributed by atoms with E-state index in [1.807, 2.05) is 0 Å². The summed E-state index contributed by atoms with van der Waals surface area (Å²) >= 11 is 4.66. The molecular weight excluding hydrogens is 538 g/mol. The molecule has 1 aromatic heterocycles. The summed E-state index contributed by atoms with van der Waals surface area (Å²) < 4.78 is 13.2. The average molecular weight is 558 g/mol. The molecule has 0 aliphatic carbocycles. The zero-order valence-electron chi connectivity index (χ0n) is 19.0. The van der Waals surface area contributed by atoms with Crippen molar-refractivity contribution < 1.29 is 19.2 Å². The Kier molecular flexibility index (Phi) is 6.99. The van der Waals surface area contributed by atoms with Crippen molar-refractivity contribution in [3.05, 3.63) is 99.1 Å². The zero-order chi connectivity index (χ0) is 25.3. The second-order valence-electron chi connectivity index (χ2n) is 7.54. The fourth-order valence-electron chi connectivity index (χ4n) is 3.80. The number of halogens is 1. The van der Waals surface area contributed by atoms with Gasteiger partial charge < -0.3 is 9.47 Å². The van der Waals surface area contributed by atoms with Crippen LogP contribution in [0.4, 0.5) is 5.69 Å². The number of esters is 1. The van der Waals surface area contributed by atoms with E-state index in [0.717, 1.165) is 0 Å². The fourth-order valence-corrected chi connectivity index (χ4v) is 5.41. The topological polar surface area (TPSA) is 113 Å². The Labute approximate surface area is 211 Å². The van der Waals surface area contributed by atoms with Gasteiger partial charge >= 0.3 is 5.97 Å². The van der Waals surface area contributed by atoms with Crippen LogP contribution < -0.4 is 19.6 Å². The van der Waals surface area contributed by atoms with Gasteiger partial charge in [-0.05, 0) is 71.2 Å². The molecule has 9 nitrogen and oxygen atoms in total. The van der Waals surface area contributed by atoms with Crippen molar-refractivity contribution in [1.29, 1.82) is 0 Å². The van der Waals surface area contributed by atoms with Gasteiger partial charge in [-0.15, -0.1) is 0 Å². The molecule has 0 bridgehead atoms. The average Bonchev–Trinajstić information content (AvgIpc) is 3.12. The number of non-ortho nitro benzene ring substituents is 1. The molecule has 0 amide bonds. The minimum Gasteiger partial charge on any atom is -0.496 e. The normalized spacial score (nSPS) is 15.4. The quantitative estimate of drug-likeness (QED) is 0.260. The SMILES string of the molecule is CCOC(=O)C1=C(C)N=c2s/c(=C/c3ccc([N+](=O)[O-])cc3)c(=O)n2[C@@H]1c1ccc(OC)c(Br)c1. The Balaban J connectivity index is 1.92. The van der Waals surface area contributed by atoms with Gasteiger partial charge in [0.15, 0.2) is 4.80 Å². The van der Waals surface area contributed by atoms with Crippen molar-refractivity contribution >= 4 is 45.0 Å². The standard InChI is InChI=1S/C24H20BrN3O6S/c1-4-34-23(30)20-13(2)26-24-27(21(20)15-7-10-18(33-3)17(25)12-15)22(29)19(35-24)11-14-5-8-16(9-6-14)28(31)32/h5-12,21H,4H2,1-3H3/b19-11+/t21-/m1/s1. The number of carbonyl (C=O) groups is 1. The lowest BCUT2D eigenvalue weighted by Crippen LogP contribution is -2.39. The lowest BCUT2D eigenvalue weighted by atomic mass is 9.96. The van der Waals surface area contributed by atoms with E-state index < -0.39 is 16.9 Å². The molecule has 0 radical (unpaired) electrons. The van der Waals surface area contributed by atoms with Crippen LogP contribution in [0.5, 0.6) is 5.75 Å². The highest BCUT2D eigenvalue weighted by Crippen LogP contribution is 2.35. The molecule has 11 heteroatoms. The van der Waals surface area contributed by atoms with Crippen LogP contribution >= 0.6 is 27.3 Å². The number of allylic oxidation sites excluding steroid dienone is 1. The summed E-state index contributed by atoms with van der Waals surface area (Å²) in [4.78, 5) is 42.0. The number of rotatable bonds is 6. The fraction of sp³-hybridized carbons (Fsp3) is 0.208. The van der Waals surface area contributed by atoms with E-state index in [2.05, 4.69) is 20.9 Å². The van der Waals surface area contributed by atoms with E-state index in [4.69, 9.17) is 9.47 Å². The molecule has 0 spiro atoms. The first-order valence-corrected chi connectivity index (χ1v) is 12.1. The highest BCUT2D eigenvalue weighted by molar-refractivity contribution is 9.10. The minimum atomic E-state index is -0.758. The highest BCUT2D eigenvalue weighted by atomic mass is 79.9.